The summed E-state index contributed by atoms with van der Waals surface area (Å²) in [5.74, 6) is -0.170. The molecule has 2 fully saturated rings. The summed E-state index contributed by atoms with van der Waals surface area (Å²) in [5, 5.41) is 11.2. The van der Waals surface area contributed by atoms with Crippen LogP contribution in [0.3, 0.4) is 0 Å². The highest BCUT2D eigenvalue weighted by molar-refractivity contribution is 6.46. The van der Waals surface area contributed by atoms with Gasteiger partial charge >= 0.3 is 0 Å². The molecule has 35 heavy (non-hydrogen) atoms. The van der Waals surface area contributed by atoms with E-state index in [1.165, 1.54) is 0 Å². The molecule has 2 saturated heterocycles. The first-order valence-electron chi connectivity index (χ1n) is 11.9. The van der Waals surface area contributed by atoms with E-state index in [9.17, 15) is 14.7 Å². The van der Waals surface area contributed by atoms with Gasteiger partial charge < -0.3 is 24.2 Å². The van der Waals surface area contributed by atoms with Gasteiger partial charge in [-0.05, 0) is 55.8 Å². The number of morpholine rings is 1. The predicted molar refractivity (Wildman–Crippen MR) is 131 cm³/mol. The topological polar surface area (TPSA) is 88.5 Å². The molecule has 0 radical (unpaired) electrons. The standard InChI is InChI=1S/C27H32N2O6/c1-18(2)35-22-10-6-20(7-11-22)25(30)23-24(19-4-8-21(33-3)9-5-19)29(27(32)26(23)31)13-12-28-14-16-34-17-15-28/h4-11,18,24,30H,12-17H2,1-3H3/t24-/m0/s1. The van der Waals surface area contributed by atoms with Crippen LogP contribution in [0.5, 0.6) is 11.5 Å². The minimum Gasteiger partial charge on any atom is -0.507 e. The molecule has 1 amide bonds. The third-order valence-corrected chi connectivity index (χ3v) is 6.23. The van der Waals surface area contributed by atoms with Gasteiger partial charge in [0.1, 0.15) is 17.3 Å². The Kier molecular flexibility index (Phi) is 7.73. The normalized spacial score (nSPS) is 20.5. The zero-order chi connectivity index (χ0) is 24.9. The average molecular weight is 481 g/mol. The minimum atomic E-state index is -0.700. The number of ether oxygens (including phenoxy) is 3. The number of rotatable bonds is 8. The van der Waals surface area contributed by atoms with E-state index in [1.807, 2.05) is 26.0 Å². The van der Waals surface area contributed by atoms with Crippen molar-refractivity contribution in [3.8, 4) is 11.5 Å². The summed E-state index contributed by atoms with van der Waals surface area (Å²) >= 11 is 0. The molecule has 2 aromatic rings. The van der Waals surface area contributed by atoms with E-state index in [2.05, 4.69) is 4.90 Å². The largest absolute Gasteiger partial charge is 0.507 e. The Morgan fingerprint density at radius 2 is 1.63 bits per heavy atom. The number of aliphatic hydroxyl groups is 1. The van der Waals surface area contributed by atoms with Crippen LogP contribution in [0.25, 0.3) is 5.76 Å². The van der Waals surface area contributed by atoms with Crippen molar-refractivity contribution in [3.05, 3.63) is 65.2 Å². The molecule has 0 aliphatic carbocycles. The predicted octanol–water partition coefficient (Wildman–Crippen LogP) is 3.24. The number of nitrogens with zero attached hydrogens (tertiary/aromatic N) is 2. The molecule has 2 aliphatic heterocycles. The summed E-state index contributed by atoms with van der Waals surface area (Å²) in [6.07, 6.45) is 0.0151. The van der Waals surface area contributed by atoms with Crippen LogP contribution in [0.4, 0.5) is 0 Å². The maximum atomic E-state index is 13.2. The number of carbonyl (C=O) groups is 2. The zero-order valence-corrected chi connectivity index (χ0v) is 20.4. The number of hydrogen-bond acceptors (Lipinski definition) is 7. The summed E-state index contributed by atoms with van der Waals surface area (Å²) in [7, 11) is 1.58. The van der Waals surface area contributed by atoms with Crippen LogP contribution in [0, 0.1) is 0 Å². The molecule has 0 bridgehead atoms. The fourth-order valence-corrected chi connectivity index (χ4v) is 4.44. The van der Waals surface area contributed by atoms with E-state index in [1.54, 1.807) is 48.4 Å². The molecule has 4 rings (SSSR count). The Hall–Kier alpha value is -3.36. The number of Topliss-reactive ketones (excluding diaryl/α,β-unsaturated/α-hetero) is 1. The molecule has 1 N–H and O–H groups in total. The van der Waals surface area contributed by atoms with Crippen molar-refractivity contribution in [2.75, 3.05) is 46.5 Å². The molecular formula is C27H32N2O6. The average Bonchev–Trinajstić information content (AvgIpc) is 3.12. The van der Waals surface area contributed by atoms with E-state index in [0.29, 0.717) is 43.4 Å². The molecule has 1 atom stereocenters. The molecule has 2 heterocycles. The first-order valence-corrected chi connectivity index (χ1v) is 11.9. The molecule has 8 heteroatoms. The fourth-order valence-electron chi connectivity index (χ4n) is 4.44. The van der Waals surface area contributed by atoms with Crippen LogP contribution < -0.4 is 9.47 Å². The fraction of sp³-hybridized carbons (Fsp3) is 0.407. The molecule has 0 unspecified atom stereocenters. The number of benzene rings is 2. The van der Waals surface area contributed by atoms with E-state index < -0.39 is 17.7 Å². The SMILES string of the molecule is COc1ccc([C@H]2C(=C(O)c3ccc(OC(C)C)cc3)C(=O)C(=O)N2CCN2CCOCC2)cc1. The van der Waals surface area contributed by atoms with Crippen LogP contribution in [0.15, 0.2) is 54.1 Å². The number of amides is 1. The number of methoxy groups -OCH3 is 1. The summed E-state index contributed by atoms with van der Waals surface area (Å²) < 4.78 is 16.4. The maximum Gasteiger partial charge on any atom is 0.295 e. The molecular weight excluding hydrogens is 448 g/mol. The van der Waals surface area contributed by atoms with E-state index >= 15 is 0 Å². The molecule has 0 spiro atoms. The molecule has 2 aliphatic rings. The third-order valence-electron chi connectivity index (χ3n) is 6.23. The second-order valence-corrected chi connectivity index (χ2v) is 8.91. The monoisotopic (exact) mass is 480 g/mol. The minimum absolute atomic E-state index is 0.0151. The highest BCUT2D eigenvalue weighted by Gasteiger charge is 2.46. The van der Waals surface area contributed by atoms with Gasteiger partial charge in [0.05, 0.1) is 38.0 Å². The first kappa shape index (κ1) is 24.8. The summed E-state index contributed by atoms with van der Waals surface area (Å²) in [6.45, 7) is 7.70. The van der Waals surface area contributed by atoms with Gasteiger partial charge in [0, 0.05) is 31.7 Å². The van der Waals surface area contributed by atoms with Gasteiger partial charge in [0.15, 0.2) is 0 Å². The highest BCUT2D eigenvalue weighted by Crippen LogP contribution is 2.40. The first-order chi connectivity index (χ1) is 16.9. The lowest BCUT2D eigenvalue weighted by Crippen LogP contribution is -2.42. The van der Waals surface area contributed by atoms with Crippen LogP contribution in [0.1, 0.15) is 31.0 Å². The third kappa shape index (κ3) is 5.49. The van der Waals surface area contributed by atoms with Crippen LogP contribution in [-0.2, 0) is 14.3 Å². The molecule has 8 nitrogen and oxygen atoms in total. The lowest BCUT2D eigenvalue weighted by Gasteiger charge is -2.31. The van der Waals surface area contributed by atoms with E-state index in [0.717, 1.165) is 18.7 Å². The van der Waals surface area contributed by atoms with Crippen LogP contribution in [-0.4, -0.2) is 79.2 Å². The van der Waals surface area contributed by atoms with Gasteiger partial charge in [-0.3, -0.25) is 14.5 Å². The summed E-state index contributed by atoms with van der Waals surface area (Å²) in [5.41, 5.74) is 1.26. The van der Waals surface area contributed by atoms with Gasteiger partial charge in [-0.15, -0.1) is 0 Å². The molecule has 0 aromatic heterocycles. The number of aliphatic hydroxyl groups excluding tert-OH is 1. The van der Waals surface area contributed by atoms with Crippen molar-refractivity contribution < 1.29 is 28.9 Å². The number of ketones is 1. The second-order valence-electron chi connectivity index (χ2n) is 8.91. The Labute approximate surface area is 205 Å². The second kappa shape index (κ2) is 10.9. The van der Waals surface area contributed by atoms with Crippen LogP contribution >= 0.6 is 0 Å². The zero-order valence-electron chi connectivity index (χ0n) is 20.4. The molecule has 2 aromatic carbocycles. The number of likely N-dealkylation sites (tertiary alicyclic amines) is 1. The molecule has 186 valence electrons. The van der Waals surface area contributed by atoms with Crippen molar-refractivity contribution in [2.45, 2.75) is 26.0 Å². The Balaban J connectivity index is 1.69. The smallest absolute Gasteiger partial charge is 0.295 e. The van der Waals surface area contributed by atoms with Gasteiger partial charge in [-0.25, -0.2) is 0 Å². The van der Waals surface area contributed by atoms with Gasteiger partial charge in [0.25, 0.3) is 11.7 Å². The van der Waals surface area contributed by atoms with Gasteiger partial charge in [-0.2, -0.15) is 0 Å². The Morgan fingerprint density at radius 3 is 2.23 bits per heavy atom. The highest BCUT2D eigenvalue weighted by atomic mass is 16.5. The van der Waals surface area contributed by atoms with Crippen molar-refractivity contribution in [1.82, 2.24) is 9.80 Å². The van der Waals surface area contributed by atoms with Crippen LogP contribution in [0.2, 0.25) is 0 Å². The lowest BCUT2D eigenvalue weighted by molar-refractivity contribution is -0.140. The van der Waals surface area contributed by atoms with Crippen molar-refractivity contribution >= 4 is 17.4 Å². The van der Waals surface area contributed by atoms with E-state index in [4.69, 9.17) is 14.2 Å². The maximum absolute atomic E-state index is 13.2. The van der Waals surface area contributed by atoms with Crippen molar-refractivity contribution in [3.63, 3.8) is 0 Å². The van der Waals surface area contributed by atoms with Crippen molar-refractivity contribution in [1.29, 1.82) is 0 Å². The molecule has 0 saturated carbocycles. The quantitative estimate of drug-likeness (QED) is 0.353. The Bertz CT molecular complexity index is 1070. The summed E-state index contributed by atoms with van der Waals surface area (Å²) in [4.78, 5) is 30.1. The van der Waals surface area contributed by atoms with Gasteiger partial charge in [-0.1, -0.05) is 12.1 Å². The summed E-state index contributed by atoms with van der Waals surface area (Å²) in [6, 6.07) is 13.4. The number of carbonyl (C=O) groups excluding carboxylic acids is 2. The van der Waals surface area contributed by atoms with E-state index in [-0.39, 0.29) is 17.4 Å². The lowest BCUT2D eigenvalue weighted by atomic mass is 9.95. The number of hydrogen-bond donors (Lipinski definition) is 1. The van der Waals surface area contributed by atoms with Gasteiger partial charge in [0.2, 0.25) is 0 Å². The van der Waals surface area contributed by atoms with Crippen molar-refractivity contribution in [2.24, 2.45) is 0 Å². The Morgan fingerprint density at radius 1 is 1.00 bits per heavy atom.